The van der Waals surface area contributed by atoms with E-state index in [1.54, 1.807) is 0 Å². The highest BCUT2D eigenvalue weighted by Gasteiger charge is 2.45. The molecular weight excluding hydrogens is 468 g/mol. The lowest BCUT2D eigenvalue weighted by Crippen LogP contribution is -2.50. The Morgan fingerprint density at radius 3 is 2.11 bits per heavy atom. The number of unbranched alkanes of at least 4 members (excludes halogenated alkanes) is 3. The van der Waals surface area contributed by atoms with Crippen molar-refractivity contribution in [2.75, 3.05) is 32.8 Å². The minimum Gasteiger partial charge on any atom is -0.389 e. The van der Waals surface area contributed by atoms with Gasteiger partial charge in [0, 0.05) is 37.9 Å². The molecule has 7 nitrogen and oxygen atoms in total. The zero-order valence-electron chi connectivity index (χ0n) is 21.4. The second kappa shape index (κ2) is 13.1. The van der Waals surface area contributed by atoms with E-state index in [1.165, 1.54) is 17.1 Å². The molecule has 0 aliphatic carbocycles. The van der Waals surface area contributed by atoms with Gasteiger partial charge in [0.15, 0.2) is 0 Å². The molecule has 7 heteroatoms. The minimum atomic E-state index is -1.17. The van der Waals surface area contributed by atoms with Crippen LogP contribution in [0.2, 0.25) is 0 Å². The summed E-state index contributed by atoms with van der Waals surface area (Å²) < 4.78 is 5.74. The van der Waals surface area contributed by atoms with Crippen molar-refractivity contribution in [3.8, 4) is 0 Å². The number of hydrogen-bond acceptors (Lipinski definition) is 6. The van der Waals surface area contributed by atoms with E-state index in [-0.39, 0.29) is 24.5 Å². The summed E-state index contributed by atoms with van der Waals surface area (Å²) in [4.78, 5) is 26.6. The third-order valence-electron chi connectivity index (χ3n) is 7.35. The predicted molar refractivity (Wildman–Crippen MR) is 142 cm³/mol. The molecule has 2 aliphatic rings. The van der Waals surface area contributed by atoms with Crippen molar-refractivity contribution < 1.29 is 24.5 Å². The molecule has 2 aliphatic heterocycles. The van der Waals surface area contributed by atoms with Crippen LogP contribution < -0.4 is 0 Å². The zero-order valence-corrected chi connectivity index (χ0v) is 21.4. The monoisotopic (exact) mass is 506 g/mol. The molecule has 0 aromatic heterocycles. The van der Waals surface area contributed by atoms with E-state index in [9.17, 15) is 19.8 Å². The van der Waals surface area contributed by atoms with Crippen LogP contribution in [0.4, 0.5) is 0 Å². The lowest BCUT2D eigenvalue weighted by Gasteiger charge is -2.40. The normalized spacial score (nSPS) is 19.2. The Kier molecular flexibility index (Phi) is 9.63. The Labute approximate surface area is 219 Å². The van der Waals surface area contributed by atoms with Crippen LogP contribution in [0.25, 0.3) is 0 Å². The summed E-state index contributed by atoms with van der Waals surface area (Å²) in [5.74, 6) is -0.456. The van der Waals surface area contributed by atoms with Crippen molar-refractivity contribution in [1.82, 2.24) is 9.80 Å². The van der Waals surface area contributed by atoms with Gasteiger partial charge >= 0.3 is 0 Å². The number of carbonyl (C=O) groups excluding carboxylic acids is 2. The molecule has 37 heavy (non-hydrogen) atoms. The molecule has 0 spiro atoms. The predicted octanol–water partition coefficient (Wildman–Crippen LogP) is 3.25. The summed E-state index contributed by atoms with van der Waals surface area (Å²) in [6.45, 7) is 2.53. The van der Waals surface area contributed by atoms with Gasteiger partial charge in [0.25, 0.3) is 11.8 Å². The molecule has 0 radical (unpaired) electrons. The van der Waals surface area contributed by atoms with Crippen LogP contribution in [0.1, 0.15) is 49.7 Å². The summed E-state index contributed by atoms with van der Waals surface area (Å²) >= 11 is 0. The van der Waals surface area contributed by atoms with E-state index in [4.69, 9.17) is 4.74 Å². The van der Waals surface area contributed by atoms with Gasteiger partial charge in [0.2, 0.25) is 0 Å². The van der Waals surface area contributed by atoms with Gasteiger partial charge in [0.1, 0.15) is 5.60 Å². The van der Waals surface area contributed by atoms with Gasteiger partial charge in [0.05, 0.1) is 12.7 Å². The Balaban J connectivity index is 1.22. The van der Waals surface area contributed by atoms with Crippen molar-refractivity contribution in [1.29, 1.82) is 0 Å². The number of hydrogen-bond donors (Lipinski definition) is 2. The smallest absolute Gasteiger partial charge is 0.253 e. The Bertz CT molecular complexity index is 985. The van der Waals surface area contributed by atoms with Crippen molar-refractivity contribution in [3.05, 3.63) is 83.9 Å². The summed E-state index contributed by atoms with van der Waals surface area (Å²) in [6.07, 6.45) is 7.29. The molecule has 0 bridgehead atoms. The van der Waals surface area contributed by atoms with Gasteiger partial charge in [-0.15, -0.1) is 0 Å². The molecule has 2 aromatic carbocycles. The van der Waals surface area contributed by atoms with Crippen molar-refractivity contribution in [2.24, 2.45) is 0 Å². The maximum Gasteiger partial charge on any atom is 0.253 e. The molecule has 1 saturated heterocycles. The van der Waals surface area contributed by atoms with Gasteiger partial charge in [-0.2, -0.15) is 0 Å². The summed E-state index contributed by atoms with van der Waals surface area (Å²) in [5.41, 5.74) is 0.553. The van der Waals surface area contributed by atoms with Crippen molar-refractivity contribution in [3.63, 3.8) is 0 Å². The average Bonchev–Trinajstić information content (AvgIpc) is 3.52. The number of β-amino-alcohol motifs (C(OH)–C–C–N with tert-alkyl or cyclic N) is 1. The number of amides is 2. The number of ether oxygens (including phenoxy) is 1. The number of rotatable bonds is 14. The Morgan fingerprint density at radius 2 is 1.49 bits per heavy atom. The first-order valence-electron chi connectivity index (χ1n) is 13.4. The minimum absolute atomic E-state index is 0.142. The van der Waals surface area contributed by atoms with Crippen molar-refractivity contribution >= 4 is 11.8 Å². The van der Waals surface area contributed by atoms with E-state index in [1.807, 2.05) is 60.7 Å². The van der Waals surface area contributed by atoms with Gasteiger partial charge in [-0.25, -0.2) is 0 Å². The van der Waals surface area contributed by atoms with Crippen molar-refractivity contribution in [2.45, 2.75) is 56.3 Å². The molecule has 2 amide bonds. The first-order chi connectivity index (χ1) is 18.0. The fourth-order valence-corrected chi connectivity index (χ4v) is 5.48. The van der Waals surface area contributed by atoms with E-state index in [2.05, 4.69) is 4.90 Å². The molecule has 2 N–H and O–H groups in total. The highest BCUT2D eigenvalue weighted by molar-refractivity contribution is 6.12. The molecule has 2 aromatic rings. The second-order valence-electron chi connectivity index (χ2n) is 9.96. The fourth-order valence-electron chi connectivity index (χ4n) is 5.48. The quantitative estimate of drug-likeness (QED) is 0.302. The summed E-state index contributed by atoms with van der Waals surface area (Å²) in [6, 6.07) is 19.5. The number of likely N-dealkylation sites (tertiary alicyclic amines) is 1. The van der Waals surface area contributed by atoms with E-state index in [0.29, 0.717) is 19.7 Å². The van der Waals surface area contributed by atoms with E-state index in [0.717, 1.165) is 56.2 Å². The summed E-state index contributed by atoms with van der Waals surface area (Å²) in [5, 5.41) is 22.9. The lowest BCUT2D eigenvalue weighted by atomic mass is 9.79. The maximum atomic E-state index is 12.2. The zero-order chi connectivity index (χ0) is 26.1. The van der Waals surface area contributed by atoms with Crippen LogP contribution >= 0.6 is 0 Å². The Hall–Kier alpha value is -2.84. The first-order valence-corrected chi connectivity index (χ1v) is 13.4. The van der Waals surface area contributed by atoms with E-state index < -0.39 is 11.7 Å². The third kappa shape index (κ3) is 6.73. The molecule has 2 atom stereocenters. The highest BCUT2D eigenvalue weighted by Crippen LogP contribution is 2.40. The number of nitrogens with zero attached hydrogens (tertiary/aromatic N) is 2. The van der Waals surface area contributed by atoms with Gasteiger partial charge in [-0.3, -0.25) is 19.4 Å². The second-order valence-corrected chi connectivity index (χ2v) is 9.96. The van der Waals surface area contributed by atoms with Crippen LogP contribution in [0.15, 0.2) is 72.8 Å². The molecule has 2 heterocycles. The number of carbonyl (C=O) groups is 2. The number of aliphatic hydroxyl groups is 2. The van der Waals surface area contributed by atoms with Crippen LogP contribution in [0, 0.1) is 0 Å². The molecule has 4 rings (SSSR count). The standard InChI is InChI=1S/C30H38N2O5/c33-26(23-37-21-10-2-1-9-20-32-28(34)17-18-29(32)35)22-31-19-11-16-27(31)30(36,24-12-5-3-6-13-24)25-14-7-4-8-15-25/h3-8,12-15,17-18,26-27,33,36H,1-2,9-11,16,19-23H2/t26-,27+/m1/s1. The van der Waals surface area contributed by atoms with Crippen LogP contribution in [-0.4, -0.2) is 76.8 Å². The average molecular weight is 507 g/mol. The van der Waals surface area contributed by atoms with Crippen LogP contribution in [0.5, 0.6) is 0 Å². The number of benzene rings is 2. The first kappa shape index (κ1) is 27.2. The van der Waals surface area contributed by atoms with E-state index >= 15 is 0 Å². The van der Waals surface area contributed by atoms with Crippen LogP contribution in [0.3, 0.4) is 0 Å². The maximum absolute atomic E-state index is 12.2. The summed E-state index contributed by atoms with van der Waals surface area (Å²) in [7, 11) is 0. The molecule has 198 valence electrons. The number of imide groups is 1. The molecular formula is C30H38N2O5. The van der Waals surface area contributed by atoms with Crippen LogP contribution in [-0.2, 0) is 19.9 Å². The Morgan fingerprint density at radius 1 is 0.892 bits per heavy atom. The van der Waals surface area contributed by atoms with Gasteiger partial charge in [-0.1, -0.05) is 73.5 Å². The lowest BCUT2D eigenvalue weighted by molar-refractivity contribution is -0.136. The SMILES string of the molecule is O=C1C=CC(=O)N1CCCCCCOC[C@H](O)CN1CCC[C@H]1C(O)(c1ccccc1)c1ccccc1. The molecule has 1 fully saturated rings. The van der Waals surface area contributed by atoms with Gasteiger partial charge in [-0.05, 0) is 43.4 Å². The fraction of sp³-hybridized carbons (Fsp3) is 0.467. The number of aliphatic hydroxyl groups excluding tert-OH is 1. The molecule has 0 unspecified atom stereocenters. The highest BCUT2D eigenvalue weighted by atomic mass is 16.5. The third-order valence-corrected chi connectivity index (χ3v) is 7.35. The molecule has 0 saturated carbocycles. The van der Waals surface area contributed by atoms with Gasteiger partial charge < -0.3 is 14.9 Å². The largest absolute Gasteiger partial charge is 0.389 e. The topological polar surface area (TPSA) is 90.3 Å².